The standard InChI is InChI=1S/C23H19NO3S/c1-15(17-11-10-16-6-2-3-7-18(16)12-17)24-22(25)14-27-23(26)21-13-19-8-4-5-9-20(19)28-21/h2-13,15H,14H2,1H3,(H,24,25)/t15-/m1/s1. The van der Waals surface area contributed by atoms with Gasteiger partial charge in [0.15, 0.2) is 6.61 Å². The molecule has 0 radical (unpaired) electrons. The fourth-order valence-electron chi connectivity index (χ4n) is 3.13. The molecule has 4 nitrogen and oxygen atoms in total. The van der Waals surface area contributed by atoms with Crippen molar-refractivity contribution < 1.29 is 14.3 Å². The first-order valence-electron chi connectivity index (χ1n) is 9.04. The van der Waals surface area contributed by atoms with Gasteiger partial charge in [0, 0.05) is 4.70 Å². The molecule has 0 saturated heterocycles. The largest absolute Gasteiger partial charge is 0.451 e. The third kappa shape index (κ3) is 3.89. The number of nitrogens with one attached hydrogen (secondary N) is 1. The summed E-state index contributed by atoms with van der Waals surface area (Å²) in [5.41, 5.74) is 1.00. The van der Waals surface area contributed by atoms with E-state index >= 15 is 0 Å². The number of rotatable bonds is 5. The van der Waals surface area contributed by atoms with E-state index < -0.39 is 5.97 Å². The Morgan fingerprint density at radius 3 is 2.43 bits per heavy atom. The molecule has 0 bridgehead atoms. The maximum atomic E-state index is 12.2. The molecule has 1 N–H and O–H groups in total. The molecule has 0 unspecified atom stereocenters. The van der Waals surface area contributed by atoms with Gasteiger partial charge in [0.25, 0.3) is 5.91 Å². The summed E-state index contributed by atoms with van der Waals surface area (Å²) in [6.07, 6.45) is 0. The van der Waals surface area contributed by atoms with Gasteiger partial charge in [-0.2, -0.15) is 0 Å². The van der Waals surface area contributed by atoms with Gasteiger partial charge in [0.05, 0.1) is 6.04 Å². The van der Waals surface area contributed by atoms with Crippen molar-refractivity contribution in [1.29, 1.82) is 0 Å². The molecule has 0 aliphatic carbocycles. The average molecular weight is 389 g/mol. The number of fused-ring (bicyclic) bond motifs is 2. The molecule has 28 heavy (non-hydrogen) atoms. The van der Waals surface area contributed by atoms with Crippen molar-refractivity contribution in [3.8, 4) is 0 Å². The molecular formula is C23H19NO3S. The maximum absolute atomic E-state index is 12.2. The first-order valence-corrected chi connectivity index (χ1v) is 9.85. The molecule has 0 aliphatic rings. The Bertz CT molecular complexity index is 1130. The van der Waals surface area contributed by atoms with Crippen molar-refractivity contribution in [3.05, 3.63) is 83.2 Å². The molecule has 0 aliphatic heterocycles. The third-order valence-electron chi connectivity index (χ3n) is 4.61. The van der Waals surface area contributed by atoms with Gasteiger partial charge in [-0.1, -0.05) is 54.6 Å². The number of hydrogen-bond acceptors (Lipinski definition) is 4. The molecule has 1 amide bonds. The molecule has 4 rings (SSSR count). The van der Waals surface area contributed by atoms with E-state index in [0.29, 0.717) is 4.88 Å². The Morgan fingerprint density at radius 1 is 0.929 bits per heavy atom. The highest BCUT2D eigenvalue weighted by Crippen LogP contribution is 2.25. The van der Waals surface area contributed by atoms with E-state index in [9.17, 15) is 9.59 Å². The van der Waals surface area contributed by atoms with Crippen LogP contribution in [0.1, 0.15) is 28.2 Å². The summed E-state index contributed by atoms with van der Waals surface area (Å²) in [6, 6.07) is 23.5. The minimum absolute atomic E-state index is 0.180. The molecule has 1 heterocycles. The lowest BCUT2D eigenvalue weighted by Gasteiger charge is -2.15. The molecule has 4 aromatic rings. The first-order chi connectivity index (χ1) is 13.6. The van der Waals surface area contributed by atoms with Crippen LogP contribution < -0.4 is 5.32 Å². The zero-order valence-corrected chi connectivity index (χ0v) is 16.2. The van der Waals surface area contributed by atoms with Crippen LogP contribution in [0.4, 0.5) is 0 Å². The second-order valence-electron chi connectivity index (χ2n) is 6.62. The van der Waals surface area contributed by atoms with Crippen LogP contribution in [-0.4, -0.2) is 18.5 Å². The van der Waals surface area contributed by atoms with E-state index in [-0.39, 0.29) is 18.6 Å². The van der Waals surface area contributed by atoms with Crippen LogP contribution in [-0.2, 0) is 9.53 Å². The van der Waals surface area contributed by atoms with Gasteiger partial charge >= 0.3 is 5.97 Å². The Balaban J connectivity index is 1.35. The summed E-state index contributed by atoms with van der Waals surface area (Å²) in [4.78, 5) is 24.9. The SMILES string of the molecule is C[C@@H](NC(=O)COC(=O)c1cc2ccccc2s1)c1ccc2ccccc2c1. The van der Waals surface area contributed by atoms with Crippen LogP contribution in [0.15, 0.2) is 72.8 Å². The highest BCUT2D eigenvalue weighted by molar-refractivity contribution is 7.20. The molecule has 140 valence electrons. The third-order valence-corrected chi connectivity index (χ3v) is 5.71. The molecule has 3 aromatic carbocycles. The number of ether oxygens (including phenoxy) is 1. The van der Waals surface area contributed by atoms with E-state index in [4.69, 9.17) is 4.74 Å². The summed E-state index contributed by atoms with van der Waals surface area (Å²) in [5.74, 6) is -0.801. The molecular weight excluding hydrogens is 370 g/mol. The van der Waals surface area contributed by atoms with Crippen molar-refractivity contribution >= 4 is 44.1 Å². The molecule has 0 spiro atoms. The van der Waals surface area contributed by atoms with Gasteiger partial charge in [-0.25, -0.2) is 4.79 Å². The zero-order valence-electron chi connectivity index (χ0n) is 15.3. The lowest BCUT2D eigenvalue weighted by Crippen LogP contribution is -2.31. The molecule has 0 fully saturated rings. The van der Waals surface area contributed by atoms with Crippen LogP contribution in [0.5, 0.6) is 0 Å². The van der Waals surface area contributed by atoms with Gasteiger partial charge in [-0.05, 0) is 46.8 Å². The topological polar surface area (TPSA) is 55.4 Å². The Hall–Kier alpha value is -3.18. The van der Waals surface area contributed by atoms with Gasteiger partial charge in [0.2, 0.25) is 0 Å². The Kier molecular flexibility index (Phi) is 5.08. The van der Waals surface area contributed by atoms with Crippen LogP contribution in [0.3, 0.4) is 0 Å². The monoisotopic (exact) mass is 389 g/mol. The second kappa shape index (κ2) is 7.82. The van der Waals surface area contributed by atoms with E-state index in [1.54, 1.807) is 6.07 Å². The fraction of sp³-hybridized carbons (Fsp3) is 0.130. The van der Waals surface area contributed by atoms with Crippen LogP contribution >= 0.6 is 11.3 Å². The number of hydrogen-bond donors (Lipinski definition) is 1. The maximum Gasteiger partial charge on any atom is 0.348 e. The molecule has 0 saturated carbocycles. The number of thiophene rings is 1. The number of benzene rings is 3. The normalized spacial score (nSPS) is 12.0. The van der Waals surface area contributed by atoms with E-state index in [1.807, 2.05) is 61.5 Å². The number of carbonyl (C=O) groups excluding carboxylic acids is 2. The van der Waals surface area contributed by atoms with Crippen molar-refractivity contribution in [2.24, 2.45) is 0 Å². The van der Waals surface area contributed by atoms with Gasteiger partial charge < -0.3 is 10.1 Å². The second-order valence-corrected chi connectivity index (χ2v) is 7.70. The van der Waals surface area contributed by atoms with Crippen molar-refractivity contribution in [2.45, 2.75) is 13.0 Å². The van der Waals surface area contributed by atoms with Crippen molar-refractivity contribution in [1.82, 2.24) is 5.32 Å². The zero-order chi connectivity index (χ0) is 19.5. The predicted octanol–water partition coefficient (Wildman–Crippen LogP) is 5.09. The summed E-state index contributed by atoms with van der Waals surface area (Å²) in [7, 11) is 0. The van der Waals surface area contributed by atoms with Crippen LogP contribution in [0.2, 0.25) is 0 Å². The average Bonchev–Trinajstić information content (AvgIpc) is 3.16. The molecule has 1 aromatic heterocycles. The molecule has 5 heteroatoms. The number of amides is 1. The minimum Gasteiger partial charge on any atom is -0.451 e. The summed E-state index contributed by atoms with van der Waals surface area (Å²) in [5, 5.41) is 6.15. The fourth-order valence-corrected chi connectivity index (χ4v) is 4.08. The lowest BCUT2D eigenvalue weighted by atomic mass is 10.0. The minimum atomic E-state index is -0.477. The summed E-state index contributed by atoms with van der Waals surface area (Å²) in [6.45, 7) is 1.61. The smallest absolute Gasteiger partial charge is 0.348 e. The van der Waals surface area contributed by atoms with E-state index in [1.165, 1.54) is 11.3 Å². The summed E-state index contributed by atoms with van der Waals surface area (Å²) >= 11 is 1.36. The lowest BCUT2D eigenvalue weighted by molar-refractivity contribution is -0.124. The quantitative estimate of drug-likeness (QED) is 0.484. The van der Waals surface area contributed by atoms with E-state index in [2.05, 4.69) is 17.4 Å². The van der Waals surface area contributed by atoms with Crippen molar-refractivity contribution in [2.75, 3.05) is 6.61 Å². The summed E-state index contributed by atoms with van der Waals surface area (Å²) < 4.78 is 6.20. The van der Waals surface area contributed by atoms with Crippen LogP contribution in [0.25, 0.3) is 20.9 Å². The van der Waals surface area contributed by atoms with Gasteiger partial charge in [-0.15, -0.1) is 11.3 Å². The van der Waals surface area contributed by atoms with E-state index in [0.717, 1.165) is 26.4 Å². The number of carbonyl (C=O) groups is 2. The highest BCUT2D eigenvalue weighted by Gasteiger charge is 2.15. The Labute approximate surface area is 166 Å². The predicted molar refractivity (Wildman–Crippen MR) is 113 cm³/mol. The van der Waals surface area contributed by atoms with Crippen LogP contribution in [0, 0.1) is 0 Å². The first kappa shape index (κ1) is 18.2. The van der Waals surface area contributed by atoms with Crippen molar-refractivity contribution in [3.63, 3.8) is 0 Å². The van der Waals surface area contributed by atoms with Gasteiger partial charge in [0.1, 0.15) is 4.88 Å². The number of esters is 1. The Morgan fingerprint density at radius 2 is 1.64 bits per heavy atom. The highest BCUT2D eigenvalue weighted by atomic mass is 32.1. The van der Waals surface area contributed by atoms with Gasteiger partial charge in [-0.3, -0.25) is 4.79 Å². The molecule has 1 atom stereocenters.